The van der Waals surface area contributed by atoms with Crippen LogP contribution in [0.3, 0.4) is 0 Å². The summed E-state index contributed by atoms with van der Waals surface area (Å²) in [4.78, 5) is 17.0. The van der Waals surface area contributed by atoms with Gasteiger partial charge in [-0.2, -0.15) is 0 Å². The molecule has 1 aromatic heterocycles. The van der Waals surface area contributed by atoms with Crippen LogP contribution in [0, 0.1) is 0 Å². The number of nitrogens with one attached hydrogen (secondary N) is 1. The lowest BCUT2D eigenvalue weighted by Gasteiger charge is -2.31. The van der Waals surface area contributed by atoms with Gasteiger partial charge in [0.15, 0.2) is 0 Å². The van der Waals surface area contributed by atoms with Gasteiger partial charge in [0.2, 0.25) is 5.91 Å². The Bertz CT molecular complexity index is 1140. The first-order valence-electron chi connectivity index (χ1n) is 9.41. The van der Waals surface area contributed by atoms with Crippen molar-refractivity contribution >= 4 is 27.3 Å². The third-order valence-electron chi connectivity index (χ3n) is 4.58. The second kappa shape index (κ2) is 9.48. The van der Waals surface area contributed by atoms with E-state index in [1.165, 1.54) is 45.5 Å². The number of hydrogen-bond donors (Lipinski definition) is 1. The molecule has 8 nitrogen and oxygen atoms in total. The summed E-state index contributed by atoms with van der Waals surface area (Å²) in [6, 6.07) is 14.9. The van der Waals surface area contributed by atoms with E-state index in [-0.39, 0.29) is 16.3 Å². The maximum absolute atomic E-state index is 13.6. The van der Waals surface area contributed by atoms with Gasteiger partial charge in [0, 0.05) is 12.3 Å². The number of sulfonamides is 1. The van der Waals surface area contributed by atoms with E-state index in [1.807, 2.05) is 0 Å². The highest BCUT2D eigenvalue weighted by Gasteiger charge is 2.35. The molecule has 1 atom stereocenters. The van der Waals surface area contributed by atoms with E-state index >= 15 is 0 Å². The first kappa shape index (κ1) is 22.1. The molecule has 0 saturated carbocycles. The summed E-state index contributed by atoms with van der Waals surface area (Å²) in [5, 5.41) is 2.70. The molecule has 9 heteroatoms. The highest BCUT2D eigenvalue weighted by molar-refractivity contribution is 7.93. The fourth-order valence-electron chi connectivity index (χ4n) is 3.01. The van der Waals surface area contributed by atoms with Crippen molar-refractivity contribution in [2.24, 2.45) is 0 Å². The lowest BCUT2D eigenvalue weighted by molar-refractivity contribution is -0.116. The third kappa shape index (κ3) is 4.77. The van der Waals surface area contributed by atoms with Gasteiger partial charge in [-0.05, 0) is 43.3 Å². The summed E-state index contributed by atoms with van der Waals surface area (Å²) in [5.41, 5.74) is 0.633. The molecular formula is C22H23N3O5S. The molecule has 0 spiro atoms. The largest absolute Gasteiger partial charge is 0.497 e. The predicted molar refractivity (Wildman–Crippen MR) is 118 cm³/mol. The molecule has 1 amide bonds. The van der Waals surface area contributed by atoms with Crippen molar-refractivity contribution in [1.82, 2.24) is 4.98 Å². The highest BCUT2D eigenvalue weighted by Crippen LogP contribution is 2.37. The molecule has 3 rings (SSSR count). The summed E-state index contributed by atoms with van der Waals surface area (Å²) < 4.78 is 39.0. The van der Waals surface area contributed by atoms with E-state index in [2.05, 4.69) is 10.3 Å². The molecule has 1 heterocycles. The average Bonchev–Trinajstić information content (AvgIpc) is 2.80. The lowest BCUT2D eigenvalue weighted by atomic mass is 10.2. The smallest absolute Gasteiger partial charge is 0.265 e. The fourth-order valence-corrected chi connectivity index (χ4v) is 4.65. The quantitative estimate of drug-likeness (QED) is 0.576. The van der Waals surface area contributed by atoms with Crippen LogP contribution in [0.25, 0.3) is 0 Å². The molecule has 0 fully saturated rings. The first-order chi connectivity index (χ1) is 14.9. The summed E-state index contributed by atoms with van der Waals surface area (Å²) in [7, 11) is -1.22. The van der Waals surface area contributed by atoms with Gasteiger partial charge >= 0.3 is 0 Å². The van der Waals surface area contributed by atoms with Crippen molar-refractivity contribution < 1.29 is 22.7 Å². The number of aromatic nitrogens is 1. The Labute approximate surface area is 181 Å². The van der Waals surface area contributed by atoms with E-state index in [9.17, 15) is 13.2 Å². The molecule has 2 aromatic carbocycles. The van der Waals surface area contributed by atoms with Crippen molar-refractivity contribution in [3.63, 3.8) is 0 Å². The normalized spacial score (nSPS) is 12.0. The summed E-state index contributed by atoms with van der Waals surface area (Å²) in [6.45, 7) is 1.51. The van der Waals surface area contributed by atoms with Crippen LogP contribution in [-0.2, 0) is 14.8 Å². The van der Waals surface area contributed by atoms with Crippen LogP contribution in [0.15, 0.2) is 78.0 Å². The predicted octanol–water partition coefficient (Wildman–Crippen LogP) is 3.32. The van der Waals surface area contributed by atoms with Crippen molar-refractivity contribution in [3.8, 4) is 11.5 Å². The summed E-state index contributed by atoms with van der Waals surface area (Å²) >= 11 is 0. The van der Waals surface area contributed by atoms with Gasteiger partial charge < -0.3 is 14.8 Å². The number of benzene rings is 2. The Morgan fingerprint density at radius 1 is 1.03 bits per heavy atom. The minimum absolute atomic E-state index is 0.0425. The van der Waals surface area contributed by atoms with Crippen molar-refractivity contribution in [1.29, 1.82) is 0 Å². The van der Waals surface area contributed by atoms with Gasteiger partial charge in [0.1, 0.15) is 17.5 Å². The van der Waals surface area contributed by atoms with Gasteiger partial charge in [0.05, 0.1) is 36.7 Å². The van der Waals surface area contributed by atoms with Gasteiger partial charge in [-0.3, -0.25) is 14.1 Å². The van der Waals surface area contributed by atoms with Crippen LogP contribution in [0.2, 0.25) is 0 Å². The summed E-state index contributed by atoms with van der Waals surface area (Å²) in [6.07, 6.45) is 3.05. The molecule has 1 unspecified atom stereocenters. The van der Waals surface area contributed by atoms with Gasteiger partial charge in [-0.15, -0.1) is 0 Å². The third-order valence-corrected chi connectivity index (χ3v) is 6.48. The second-order valence-electron chi connectivity index (χ2n) is 6.56. The Morgan fingerprint density at radius 2 is 1.77 bits per heavy atom. The lowest BCUT2D eigenvalue weighted by Crippen LogP contribution is -2.46. The standard InChI is InChI=1S/C22H23N3O5S/c1-16(22(26)24-17-8-7-13-23-15-17)25(31(27,28)19-9-5-4-6-10-19)20-14-18(29-2)11-12-21(20)30-3/h4-16H,1-3H3,(H,24,26). The number of hydrogen-bond acceptors (Lipinski definition) is 6. The zero-order valence-corrected chi connectivity index (χ0v) is 18.2. The number of methoxy groups -OCH3 is 2. The number of carbonyl (C=O) groups excluding carboxylic acids is 1. The molecule has 31 heavy (non-hydrogen) atoms. The summed E-state index contributed by atoms with van der Waals surface area (Å²) in [5.74, 6) is 0.169. The van der Waals surface area contributed by atoms with E-state index < -0.39 is 22.0 Å². The second-order valence-corrected chi connectivity index (χ2v) is 8.37. The average molecular weight is 442 g/mol. The minimum atomic E-state index is -4.13. The van der Waals surface area contributed by atoms with Crippen LogP contribution in [0.4, 0.5) is 11.4 Å². The molecular weight excluding hydrogens is 418 g/mol. The number of ether oxygens (including phenoxy) is 2. The Hall–Kier alpha value is -3.59. The fraction of sp³-hybridized carbons (Fsp3) is 0.182. The van der Waals surface area contributed by atoms with E-state index in [0.717, 1.165) is 4.31 Å². The van der Waals surface area contributed by atoms with Gasteiger partial charge in [0.25, 0.3) is 10.0 Å². The topological polar surface area (TPSA) is 97.8 Å². The molecule has 162 valence electrons. The van der Waals surface area contributed by atoms with E-state index in [0.29, 0.717) is 11.4 Å². The molecule has 0 aliphatic carbocycles. The van der Waals surface area contributed by atoms with Crippen LogP contribution < -0.4 is 19.1 Å². The van der Waals surface area contributed by atoms with Crippen LogP contribution in [-0.4, -0.2) is 39.6 Å². The molecule has 0 bridgehead atoms. The molecule has 0 aliphatic heterocycles. The maximum Gasteiger partial charge on any atom is 0.265 e. The Kier molecular flexibility index (Phi) is 6.76. The maximum atomic E-state index is 13.6. The first-order valence-corrected chi connectivity index (χ1v) is 10.8. The number of pyridine rings is 1. The molecule has 0 radical (unpaired) electrons. The molecule has 1 N–H and O–H groups in total. The number of nitrogens with zero attached hydrogens (tertiary/aromatic N) is 2. The van der Waals surface area contributed by atoms with Crippen LogP contribution in [0.5, 0.6) is 11.5 Å². The molecule has 3 aromatic rings. The van der Waals surface area contributed by atoms with E-state index in [4.69, 9.17) is 9.47 Å². The Balaban J connectivity index is 2.12. The number of carbonyl (C=O) groups is 1. The van der Waals surface area contributed by atoms with Gasteiger partial charge in [-0.1, -0.05) is 18.2 Å². The van der Waals surface area contributed by atoms with Crippen LogP contribution in [0.1, 0.15) is 6.92 Å². The van der Waals surface area contributed by atoms with Gasteiger partial charge in [-0.25, -0.2) is 8.42 Å². The zero-order chi connectivity index (χ0) is 22.4. The number of rotatable bonds is 8. The van der Waals surface area contributed by atoms with Crippen LogP contribution >= 0.6 is 0 Å². The van der Waals surface area contributed by atoms with Crippen molar-refractivity contribution in [3.05, 3.63) is 73.1 Å². The monoisotopic (exact) mass is 441 g/mol. The number of amides is 1. The Morgan fingerprint density at radius 3 is 2.39 bits per heavy atom. The minimum Gasteiger partial charge on any atom is -0.497 e. The number of anilines is 2. The molecule has 0 saturated heterocycles. The van der Waals surface area contributed by atoms with Crippen molar-refractivity contribution in [2.75, 3.05) is 23.8 Å². The van der Waals surface area contributed by atoms with Crippen molar-refractivity contribution in [2.45, 2.75) is 17.9 Å². The SMILES string of the molecule is COc1ccc(OC)c(N(C(C)C(=O)Nc2cccnc2)S(=O)(=O)c2ccccc2)c1. The van der Waals surface area contributed by atoms with E-state index in [1.54, 1.807) is 48.7 Å². The zero-order valence-electron chi connectivity index (χ0n) is 17.3. The highest BCUT2D eigenvalue weighted by atomic mass is 32.2. The molecule has 0 aliphatic rings.